The van der Waals surface area contributed by atoms with E-state index in [2.05, 4.69) is 10.4 Å². The molecular formula is C11H21ClN4O. The van der Waals surface area contributed by atoms with Crippen LogP contribution in [0.3, 0.4) is 0 Å². The van der Waals surface area contributed by atoms with Gasteiger partial charge in [-0.05, 0) is 18.4 Å². The standard InChI is InChI=1S/C11H20N4O.ClH/c1-8(2)10(12)11(16)13-4-5-15-7-9(3)6-14-15;/h6-8,10H,4-5,12H2,1-3H3,(H,13,16);1H/t10-;/m0./s1. The van der Waals surface area contributed by atoms with Gasteiger partial charge in [-0.1, -0.05) is 13.8 Å². The Balaban J connectivity index is 0.00000256. The van der Waals surface area contributed by atoms with Gasteiger partial charge in [-0.15, -0.1) is 12.4 Å². The Morgan fingerprint density at radius 2 is 2.24 bits per heavy atom. The molecular weight excluding hydrogens is 240 g/mol. The SMILES string of the molecule is Cc1cnn(CCNC(=O)[C@@H](N)C(C)C)c1.Cl. The molecule has 1 atom stereocenters. The van der Waals surface area contributed by atoms with Crippen molar-refractivity contribution in [3.8, 4) is 0 Å². The highest BCUT2D eigenvalue weighted by Gasteiger charge is 2.16. The number of nitrogens with zero attached hydrogens (tertiary/aromatic N) is 2. The molecule has 0 saturated heterocycles. The highest BCUT2D eigenvalue weighted by molar-refractivity contribution is 5.85. The molecule has 0 saturated carbocycles. The van der Waals surface area contributed by atoms with Crippen LogP contribution in [-0.2, 0) is 11.3 Å². The monoisotopic (exact) mass is 260 g/mol. The quantitative estimate of drug-likeness (QED) is 0.819. The zero-order valence-corrected chi connectivity index (χ0v) is 11.3. The summed E-state index contributed by atoms with van der Waals surface area (Å²) in [6, 6.07) is -0.431. The number of aromatic nitrogens is 2. The third-order valence-corrected chi connectivity index (χ3v) is 2.42. The van der Waals surface area contributed by atoms with Crippen LogP contribution in [0.2, 0.25) is 0 Å². The summed E-state index contributed by atoms with van der Waals surface area (Å²) in [5, 5.41) is 6.92. The third kappa shape index (κ3) is 5.19. The molecule has 17 heavy (non-hydrogen) atoms. The number of hydrogen-bond acceptors (Lipinski definition) is 3. The first-order valence-corrected chi connectivity index (χ1v) is 5.53. The zero-order valence-electron chi connectivity index (χ0n) is 10.5. The molecule has 0 aliphatic rings. The molecule has 1 aromatic rings. The lowest BCUT2D eigenvalue weighted by Gasteiger charge is -2.15. The number of rotatable bonds is 5. The first-order chi connectivity index (χ1) is 7.50. The van der Waals surface area contributed by atoms with Gasteiger partial charge in [0.25, 0.3) is 0 Å². The van der Waals surface area contributed by atoms with E-state index in [9.17, 15) is 4.79 Å². The molecule has 0 fully saturated rings. The molecule has 1 amide bonds. The summed E-state index contributed by atoms with van der Waals surface area (Å²) in [5.41, 5.74) is 6.83. The topological polar surface area (TPSA) is 72.9 Å². The Labute approximate surface area is 108 Å². The highest BCUT2D eigenvalue weighted by Crippen LogP contribution is 1.97. The average Bonchev–Trinajstić information content (AvgIpc) is 2.62. The Hall–Kier alpha value is -1.07. The first-order valence-electron chi connectivity index (χ1n) is 5.53. The molecule has 1 aromatic heterocycles. The second kappa shape index (κ2) is 7.29. The van der Waals surface area contributed by atoms with Gasteiger partial charge in [0.1, 0.15) is 0 Å². The van der Waals surface area contributed by atoms with Crippen molar-refractivity contribution < 1.29 is 4.79 Å². The maximum atomic E-state index is 11.5. The Morgan fingerprint density at radius 1 is 1.59 bits per heavy atom. The van der Waals surface area contributed by atoms with Crippen molar-refractivity contribution in [2.45, 2.75) is 33.4 Å². The minimum Gasteiger partial charge on any atom is -0.353 e. The molecule has 0 bridgehead atoms. The van der Waals surface area contributed by atoms with Crippen LogP contribution in [0.25, 0.3) is 0 Å². The predicted octanol–water partition coefficient (Wildman–Crippen LogP) is 0.713. The summed E-state index contributed by atoms with van der Waals surface area (Å²) in [6.07, 6.45) is 3.73. The van der Waals surface area contributed by atoms with Crippen molar-refractivity contribution in [2.75, 3.05) is 6.54 Å². The number of amides is 1. The number of hydrogen-bond donors (Lipinski definition) is 2. The van der Waals surface area contributed by atoms with Crippen LogP contribution in [0.15, 0.2) is 12.4 Å². The smallest absolute Gasteiger partial charge is 0.237 e. The molecule has 0 aliphatic carbocycles. The van der Waals surface area contributed by atoms with E-state index < -0.39 is 6.04 Å². The minimum absolute atomic E-state index is 0. The number of nitrogens with two attached hydrogens (primary N) is 1. The number of halogens is 1. The van der Waals surface area contributed by atoms with Crippen molar-refractivity contribution in [1.29, 1.82) is 0 Å². The van der Waals surface area contributed by atoms with E-state index in [1.165, 1.54) is 0 Å². The van der Waals surface area contributed by atoms with Crippen LogP contribution < -0.4 is 11.1 Å². The lowest BCUT2D eigenvalue weighted by atomic mass is 10.1. The molecule has 1 rings (SSSR count). The minimum atomic E-state index is -0.431. The molecule has 98 valence electrons. The van der Waals surface area contributed by atoms with Crippen LogP contribution in [0.1, 0.15) is 19.4 Å². The predicted molar refractivity (Wildman–Crippen MR) is 70.0 cm³/mol. The molecule has 5 nitrogen and oxygen atoms in total. The van der Waals surface area contributed by atoms with E-state index in [-0.39, 0.29) is 24.2 Å². The molecule has 0 aliphatic heterocycles. The van der Waals surface area contributed by atoms with E-state index in [0.717, 1.165) is 5.56 Å². The van der Waals surface area contributed by atoms with Crippen LogP contribution >= 0.6 is 12.4 Å². The van der Waals surface area contributed by atoms with E-state index in [4.69, 9.17) is 5.73 Å². The van der Waals surface area contributed by atoms with Gasteiger partial charge < -0.3 is 11.1 Å². The molecule has 3 N–H and O–H groups in total. The number of carbonyl (C=O) groups excluding carboxylic acids is 1. The molecule has 0 radical (unpaired) electrons. The second-order valence-corrected chi connectivity index (χ2v) is 4.34. The Kier molecular flexibility index (Phi) is 6.83. The van der Waals surface area contributed by atoms with Gasteiger partial charge in [0, 0.05) is 12.7 Å². The van der Waals surface area contributed by atoms with E-state index in [1.807, 2.05) is 27.0 Å². The number of nitrogens with one attached hydrogen (secondary N) is 1. The van der Waals surface area contributed by atoms with Gasteiger partial charge in [0.15, 0.2) is 0 Å². The molecule has 0 unspecified atom stereocenters. The van der Waals surface area contributed by atoms with Crippen LogP contribution in [0.4, 0.5) is 0 Å². The van der Waals surface area contributed by atoms with E-state index >= 15 is 0 Å². The molecule has 0 spiro atoms. The van der Waals surface area contributed by atoms with Gasteiger partial charge in [-0.3, -0.25) is 9.48 Å². The zero-order chi connectivity index (χ0) is 12.1. The largest absolute Gasteiger partial charge is 0.353 e. The summed E-state index contributed by atoms with van der Waals surface area (Å²) in [5.74, 6) is 0.0609. The second-order valence-electron chi connectivity index (χ2n) is 4.34. The van der Waals surface area contributed by atoms with Gasteiger partial charge in [-0.25, -0.2) is 0 Å². The fourth-order valence-corrected chi connectivity index (χ4v) is 1.30. The first kappa shape index (κ1) is 15.9. The lowest BCUT2D eigenvalue weighted by Crippen LogP contribution is -2.44. The summed E-state index contributed by atoms with van der Waals surface area (Å²) < 4.78 is 1.80. The van der Waals surface area contributed by atoms with Crippen LogP contribution in [-0.4, -0.2) is 28.3 Å². The van der Waals surface area contributed by atoms with Crippen LogP contribution in [0, 0.1) is 12.8 Å². The lowest BCUT2D eigenvalue weighted by molar-refractivity contribution is -0.123. The highest BCUT2D eigenvalue weighted by atomic mass is 35.5. The van der Waals surface area contributed by atoms with Crippen molar-refractivity contribution in [1.82, 2.24) is 15.1 Å². The van der Waals surface area contributed by atoms with E-state index in [0.29, 0.717) is 13.1 Å². The van der Waals surface area contributed by atoms with Gasteiger partial charge in [0.05, 0.1) is 18.8 Å². The maximum absolute atomic E-state index is 11.5. The molecule has 1 heterocycles. The van der Waals surface area contributed by atoms with E-state index in [1.54, 1.807) is 10.9 Å². The summed E-state index contributed by atoms with van der Waals surface area (Å²) in [6.45, 7) is 7.07. The fourth-order valence-electron chi connectivity index (χ4n) is 1.30. The normalized spacial score (nSPS) is 12.1. The summed E-state index contributed by atoms with van der Waals surface area (Å²) in [4.78, 5) is 11.5. The van der Waals surface area contributed by atoms with Gasteiger partial charge in [0.2, 0.25) is 5.91 Å². The average molecular weight is 261 g/mol. The van der Waals surface area contributed by atoms with Crippen molar-refractivity contribution in [2.24, 2.45) is 11.7 Å². The fraction of sp³-hybridized carbons (Fsp3) is 0.636. The van der Waals surface area contributed by atoms with Crippen LogP contribution in [0.5, 0.6) is 0 Å². The third-order valence-electron chi connectivity index (χ3n) is 2.42. The number of carbonyl (C=O) groups is 1. The summed E-state index contributed by atoms with van der Waals surface area (Å²) in [7, 11) is 0. The van der Waals surface area contributed by atoms with Crippen molar-refractivity contribution in [3.63, 3.8) is 0 Å². The summed E-state index contributed by atoms with van der Waals surface area (Å²) >= 11 is 0. The van der Waals surface area contributed by atoms with Crippen molar-refractivity contribution in [3.05, 3.63) is 18.0 Å². The van der Waals surface area contributed by atoms with Gasteiger partial charge in [-0.2, -0.15) is 5.10 Å². The van der Waals surface area contributed by atoms with Crippen molar-refractivity contribution >= 4 is 18.3 Å². The molecule has 6 heteroatoms. The Morgan fingerprint density at radius 3 is 2.71 bits per heavy atom. The number of aryl methyl sites for hydroxylation is 1. The maximum Gasteiger partial charge on any atom is 0.237 e. The Bertz CT molecular complexity index is 351. The van der Waals surface area contributed by atoms with Gasteiger partial charge >= 0.3 is 0 Å². The molecule has 0 aromatic carbocycles.